The standard InChI is InChI=1S/C17H14N4O3/c1-11-7-13(3-5-15(11)19-9-22)21(17(18)24)14-4-6-16(20-10-23)12(2)8-14/h3-8H,1-2H3,(H2,18,24). The van der Waals surface area contributed by atoms with E-state index in [4.69, 9.17) is 5.73 Å². The molecule has 0 spiro atoms. The highest BCUT2D eigenvalue weighted by Crippen LogP contribution is 2.32. The SMILES string of the molecule is Cc1cc(N(C(N)=O)c2ccc(N=C=O)c(C)c2)ccc1N=C=O. The maximum atomic E-state index is 11.9. The molecule has 0 fully saturated rings. The molecule has 0 aliphatic rings. The smallest absolute Gasteiger partial charge is 0.323 e. The third kappa shape index (κ3) is 3.44. The van der Waals surface area contributed by atoms with E-state index in [0.717, 1.165) is 0 Å². The zero-order valence-corrected chi connectivity index (χ0v) is 13.1. The molecule has 0 saturated heterocycles. The number of primary amides is 1. The van der Waals surface area contributed by atoms with Gasteiger partial charge in [-0.2, -0.15) is 9.98 Å². The molecule has 0 unspecified atom stereocenters. The number of nitrogens with two attached hydrogens (primary N) is 1. The van der Waals surface area contributed by atoms with Gasteiger partial charge in [0, 0.05) is 0 Å². The van der Waals surface area contributed by atoms with Gasteiger partial charge in [0.1, 0.15) is 0 Å². The maximum absolute atomic E-state index is 11.9. The van der Waals surface area contributed by atoms with E-state index in [1.54, 1.807) is 50.2 Å². The number of aliphatic imine (C=N–C) groups is 2. The number of rotatable bonds is 4. The van der Waals surface area contributed by atoms with Crippen molar-refractivity contribution in [2.45, 2.75) is 13.8 Å². The number of urea groups is 1. The Bertz CT molecular complexity index is 827. The van der Waals surface area contributed by atoms with E-state index < -0.39 is 6.03 Å². The Morgan fingerprint density at radius 3 is 1.62 bits per heavy atom. The predicted molar refractivity (Wildman–Crippen MR) is 89.6 cm³/mol. The fourth-order valence-corrected chi connectivity index (χ4v) is 2.31. The molecule has 24 heavy (non-hydrogen) atoms. The summed E-state index contributed by atoms with van der Waals surface area (Å²) in [4.78, 5) is 41.2. The molecule has 0 aliphatic heterocycles. The van der Waals surface area contributed by atoms with Gasteiger partial charge in [-0.15, -0.1) is 0 Å². The third-order valence-corrected chi connectivity index (χ3v) is 3.43. The molecule has 0 aliphatic carbocycles. The van der Waals surface area contributed by atoms with Crippen LogP contribution in [0, 0.1) is 13.8 Å². The van der Waals surface area contributed by atoms with Crippen molar-refractivity contribution in [1.29, 1.82) is 0 Å². The minimum atomic E-state index is -0.674. The number of carbonyl (C=O) groups excluding carboxylic acids is 3. The van der Waals surface area contributed by atoms with Gasteiger partial charge >= 0.3 is 6.03 Å². The maximum Gasteiger partial charge on any atom is 0.323 e. The first-order valence-electron chi connectivity index (χ1n) is 6.94. The molecule has 2 aromatic carbocycles. The van der Waals surface area contributed by atoms with Crippen LogP contribution in [-0.2, 0) is 9.59 Å². The van der Waals surface area contributed by atoms with Crippen LogP contribution in [0.5, 0.6) is 0 Å². The van der Waals surface area contributed by atoms with Gasteiger partial charge in [-0.25, -0.2) is 14.4 Å². The second-order valence-corrected chi connectivity index (χ2v) is 5.02. The van der Waals surface area contributed by atoms with E-state index in [2.05, 4.69) is 9.98 Å². The molecule has 2 rings (SSSR count). The molecule has 0 saturated carbocycles. The number of amides is 2. The van der Waals surface area contributed by atoms with Crippen LogP contribution < -0.4 is 10.6 Å². The molecule has 0 heterocycles. The Kier molecular flexibility index (Phi) is 5.02. The van der Waals surface area contributed by atoms with Crippen LogP contribution in [0.4, 0.5) is 27.5 Å². The fourth-order valence-electron chi connectivity index (χ4n) is 2.31. The zero-order valence-electron chi connectivity index (χ0n) is 13.1. The molecule has 2 aromatic rings. The quantitative estimate of drug-likeness (QED) is 0.688. The van der Waals surface area contributed by atoms with Crippen molar-refractivity contribution in [1.82, 2.24) is 0 Å². The number of isocyanates is 2. The van der Waals surface area contributed by atoms with Gasteiger partial charge in [0.15, 0.2) is 0 Å². The lowest BCUT2D eigenvalue weighted by Crippen LogP contribution is -2.31. The van der Waals surface area contributed by atoms with Crippen LogP contribution in [0.15, 0.2) is 46.4 Å². The van der Waals surface area contributed by atoms with Crippen molar-refractivity contribution in [2.75, 3.05) is 4.90 Å². The number of benzene rings is 2. The van der Waals surface area contributed by atoms with Crippen molar-refractivity contribution in [2.24, 2.45) is 15.7 Å². The second kappa shape index (κ2) is 7.15. The van der Waals surface area contributed by atoms with Crippen LogP contribution >= 0.6 is 0 Å². The lowest BCUT2D eigenvalue weighted by atomic mass is 10.1. The minimum absolute atomic E-state index is 0.463. The van der Waals surface area contributed by atoms with Gasteiger partial charge in [0.2, 0.25) is 12.2 Å². The average molecular weight is 322 g/mol. The monoisotopic (exact) mass is 322 g/mol. The van der Waals surface area contributed by atoms with Gasteiger partial charge in [0.25, 0.3) is 0 Å². The van der Waals surface area contributed by atoms with E-state index in [0.29, 0.717) is 33.9 Å². The van der Waals surface area contributed by atoms with Crippen molar-refractivity contribution < 1.29 is 14.4 Å². The van der Waals surface area contributed by atoms with E-state index >= 15 is 0 Å². The Labute approximate surface area is 138 Å². The fraction of sp³-hybridized carbons (Fsp3) is 0.118. The topological polar surface area (TPSA) is 105 Å². The van der Waals surface area contributed by atoms with Crippen molar-refractivity contribution in [3.63, 3.8) is 0 Å². The lowest BCUT2D eigenvalue weighted by molar-refractivity contribution is 0.256. The first-order chi connectivity index (χ1) is 11.5. The highest BCUT2D eigenvalue weighted by atomic mass is 16.2. The highest BCUT2D eigenvalue weighted by molar-refractivity contribution is 5.99. The van der Waals surface area contributed by atoms with Crippen LogP contribution in [0.2, 0.25) is 0 Å². The average Bonchev–Trinajstić information content (AvgIpc) is 2.52. The summed E-state index contributed by atoms with van der Waals surface area (Å²) in [7, 11) is 0. The number of hydrogen-bond donors (Lipinski definition) is 1. The summed E-state index contributed by atoms with van der Waals surface area (Å²) in [6, 6.07) is 9.16. The zero-order chi connectivity index (χ0) is 17.7. The predicted octanol–water partition coefficient (Wildman–Crippen LogP) is 3.45. The molecule has 0 atom stereocenters. The van der Waals surface area contributed by atoms with Crippen molar-refractivity contribution >= 4 is 40.9 Å². The van der Waals surface area contributed by atoms with Gasteiger partial charge in [0.05, 0.1) is 22.7 Å². The molecule has 2 amide bonds. The Hall–Kier alpha value is -3.53. The minimum Gasteiger partial charge on any atom is -0.351 e. The van der Waals surface area contributed by atoms with E-state index in [-0.39, 0.29) is 0 Å². The first-order valence-corrected chi connectivity index (χ1v) is 6.94. The van der Waals surface area contributed by atoms with E-state index in [1.807, 2.05) is 0 Å². The summed E-state index contributed by atoms with van der Waals surface area (Å²) in [5.41, 5.74) is 8.87. The molecule has 0 bridgehead atoms. The summed E-state index contributed by atoms with van der Waals surface area (Å²) < 4.78 is 0. The molecular formula is C17H14N4O3. The summed E-state index contributed by atoms with van der Waals surface area (Å²) in [6.45, 7) is 3.51. The van der Waals surface area contributed by atoms with E-state index in [9.17, 15) is 14.4 Å². The van der Waals surface area contributed by atoms with Crippen molar-refractivity contribution in [3.05, 3.63) is 47.5 Å². The normalized spacial score (nSPS) is 9.58. The molecular weight excluding hydrogens is 308 g/mol. The summed E-state index contributed by atoms with van der Waals surface area (Å²) >= 11 is 0. The van der Waals surface area contributed by atoms with Gasteiger partial charge in [-0.1, -0.05) is 0 Å². The Morgan fingerprint density at radius 1 is 0.917 bits per heavy atom. The largest absolute Gasteiger partial charge is 0.351 e. The van der Waals surface area contributed by atoms with Crippen LogP contribution in [0.1, 0.15) is 11.1 Å². The molecule has 0 radical (unpaired) electrons. The molecule has 7 heteroatoms. The Morgan fingerprint density at radius 2 is 1.33 bits per heavy atom. The second-order valence-electron chi connectivity index (χ2n) is 5.02. The van der Waals surface area contributed by atoms with Gasteiger partial charge < -0.3 is 5.73 Å². The number of nitrogens with zero attached hydrogens (tertiary/aromatic N) is 3. The van der Waals surface area contributed by atoms with Gasteiger partial charge in [-0.3, -0.25) is 4.90 Å². The highest BCUT2D eigenvalue weighted by Gasteiger charge is 2.17. The summed E-state index contributed by atoms with van der Waals surface area (Å²) in [5.74, 6) is 0. The Balaban J connectivity index is 2.53. The summed E-state index contributed by atoms with van der Waals surface area (Å²) in [6.07, 6.45) is 2.96. The molecule has 0 aromatic heterocycles. The number of carbonyl (C=O) groups is 1. The van der Waals surface area contributed by atoms with E-state index in [1.165, 1.54) is 17.1 Å². The third-order valence-electron chi connectivity index (χ3n) is 3.43. The van der Waals surface area contributed by atoms with Gasteiger partial charge in [-0.05, 0) is 61.4 Å². The molecule has 2 N–H and O–H groups in total. The van der Waals surface area contributed by atoms with Crippen LogP contribution in [0.3, 0.4) is 0 Å². The molecule has 120 valence electrons. The first kappa shape index (κ1) is 16.8. The van der Waals surface area contributed by atoms with Crippen molar-refractivity contribution in [3.8, 4) is 0 Å². The van der Waals surface area contributed by atoms with Crippen LogP contribution in [0.25, 0.3) is 0 Å². The number of anilines is 2. The number of hydrogen-bond acceptors (Lipinski definition) is 5. The van der Waals surface area contributed by atoms with Crippen LogP contribution in [-0.4, -0.2) is 18.2 Å². The molecule has 7 nitrogen and oxygen atoms in total. The number of aryl methyl sites for hydroxylation is 2. The lowest BCUT2D eigenvalue weighted by Gasteiger charge is -2.22. The summed E-state index contributed by atoms with van der Waals surface area (Å²) in [5, 5.41) is 0.